The number of benzene rings is 3. The summed E-state index contributed by atoms with van der Waals surface area (Å²) in [6.45, 7) is 1.12. The van der Waals surface area contributed by atoms with Gasteiger partial charge in [0.25, 0.3) is 5.56 Å². The molecule has 4 rings (SSSR count). The van der Waals surface area contributed by atoms with Crippen LogP contribution >= 0.6 is 11.6 Å². The van der Waals surface area contributed by atoms with Gasteiger partial charge >= 0.3 is 0 Å². The maximum Gasteiger partial charge on any atom is 0.278 e. The Kier molecular flexibility index (Phi) is 6.60. The number of anilines is 2. The fraction of sp³-hybridized carbons (Fsp3) is 0.120. The molecular weight excluding hydrogens is 456 g/mol. The summed E-state index contributed by atoms with van der Waals surface area (Å²) < 4.78 is 6.64. The lowest BCUT2D eigenvalue weighted by atomic mass is 10.1. The highest BCUT2D eigenvalue weighted by atomic mass is 35.5. The second kappa shape index (κ2) is 9.76. The summed E-state index contributed by atoms with van der Waals surface area (Å²) >= 11 is 6.06. The average molecular weight is 477 g/mol. The summed E-state index contributed by atoms with van der Waals surface area (Å²) in [4.78, 5) is 42.7. The first kappa shape index (κ1) is 23.0. The topological polar surface area (TPSA) is 102 Å². The number of hydrogen-bond acceptors (Lipinski definition) is 5. The van der Waals surface area contributed by atoms with E-state index in [0.29, 0.717) is 38.7 Å². The number of nitrogens with zero attached hydrogens (tertiary/aromatic N) is 2. The largest absolute Gasteiger partial charge is 0.495 e. The van der Waals surface area contributed by atoms with Crippen LogP contribution in [0.5, 0.6) is 5.75 Å². The van der Waals surface area contributed by atoms with Gasteiger partial charge in [-0.25, -0.2) is 4.98 Å². The molecule has 2 N–H and O–H groups in total. The van der Waals surface area contributed by atoms with E-state index in [9.17, 15) is 14.4 Å². The molecule has 1 aromatic heterocycles. The van der Waals surface area contributed by atoms with E-state index in [-0.39, 0.29) is 18.1 Å². The smallest absolute Gasteiger partial charge is 0.278 e. The van der Waals surface area contributed by atoms with E-state index in [4.69, 9.17) is 16.3 Å². The standard InChI is InChI=1S/C25H21ClN4O4/c1-15(31)27-18-8-4-3-7-17(18)24-25(33)30(21-10-6-5-9-19(21)29-24)14-23(32)28-20-13-16(26)11-12-22(20)34-2/h3-13H,14H2,1-2H3,(H,27,31)(H,28,32). The van der Waals surface area contributed by atoms with Crippen molar-refractivity contribution < 1.29 is 14.3 Å². The summed E-state index contributed by atoms with van der Waals surface area (Å²) in [5.41, 5.74) is 1.99. The third kappa shape index (κ3) is 4.77. The first-order valence-corrected chi connectivity index (χ1v) is 10.7. The zero-order chi connectivity index (χ0) is 24.2. The number of fused-ring (bicyclic) bond motifs is 1. The number of halogens is 1. The minimum absolute atomic E-state index is 0.121. The molecule has 0 saturated carbocycles. The first-order valence-electron chi connectivity index (χ1n) is 10.4. The highest BCUT2D eigenvalue weighted by Gasteiger charge is 2.18. The number of hydrogen-bond donors (Lipinski definition) is 2. The van der Waals surface area contributed by atoms with Crippen molar-refractivity contribution in [3.05, 3.63) is 82.1 Å². The number of carbonyl (C=O) groups is 2. The van der Waals surface area contributed by atoms with Crippen molar-refractivity contribution in [1.82, 2.24) is 9.55 Å². The van der Waals surface area contributed by atoms with Crippen LogP contribution in [-0.4, -0.2) is 28.5 Å². The summed E-state index contributed by atoms with van der Waals surface area (Å²) in [5.74, 6) is -0.280. The van der Waals surface area contributed by atoms with Gasteiger partial charge in [0.05, 0.1) is 29.5 Å². The summed E-state index contributed by atoms with van der Waals surface area (Å²) in [6.07, 6.45) is 0. The van der Waals surface area contributed by atoms with Gasteiger partial charge in [0.1, 0.15) is 18.0 Å². The van der Waals surface area contributed by atoms with Gasteiger partial charge in [-0.05, 0) is 36.4 Å². The highest BCUT2D eigenvalue weighted by Crippen LogP contribution is 2.28. The van der Waals surface area contributed by atoms with Crippen LogP contribution in [0.3, 0.4) is 0 Å². The molecule has 0 spiro atoms. The summed E-state index contributed by atoms with van der Waals surface area (Å²) in [6, 6.07) is 18.8. The Balaban J connectivity index is 1.79. The molecule has 34 heavy (non-hydrogen) atoms. The molecule has 0 aliphatic rings. The van der Waals surface area contributed by atoms with Crippen molar-refractivity contribution in [2.24, 2.45) is 0 Å². The lowest BCUT2D eigenvalue weighted by Crippen LogP contribution is -2.30. The molecule has 0 fully saturated rings. The van der Waals surface area contributed by atoms with Gasteiger partial charge in [-0.2, -0.15) is 0 Å². The molecule has 0 aliphatic heterocycles. The van der Waals surface area contributed by atoms with E-state index in [1.807, 2.05) is 0 Å². The molecule has 172 valence electrons. The van der Waals surface area contributed by atoms with E-state index in [0.717, 1.165) is 0 Å². The van der Waals surface area contributed by atoms with Gasteiger partial charge in [0, 0.05) is 17.5 Å². The molecule has 2 amide bonds. The predicted octanol–water partition coefficient (Wildman–Crippen LogP) is 4.32. The lowest BCUT2D eigenvalue weighted by molar-refractivity contribution is -0.117. The number of methoxy groups -OCH3 is 1. The number of carbonyl (C=O) groups excluding carboxylic acids is 2. The van der Waals surface area contributed by atoms with Gasteiger partial charge in [0.15, 0.2) is 0 Å². The number of rotatable bonds is 6. The monoisotopic (exact) mass is 476 g/mol. The van der Waals surface area contributed by atoms with Gasteiger partial charge < -0.3 is 15.4 Å². The molecule has 0 bridgehead atoms. The van der Waals surface area contributed by atoms with E-state index >= 15 is 0 Å². The fourth-order valence-corrected chi connectivity index (χ4v) is 3.80. The van der Waals surface area contributed by atoms with Crippen molar-refractivity contribution in [3.8, 4) is 17.0 Å². The number of ether oxygens (including phenoxy) is 1. The Morgan fingerprint density at radius 2 is 1.74 bits per heavy atom. The van der Waals surface area contributed by atoms with E-state index < -0.39 is 11.5 Å². The van der Waals surface area contributed by atoms with Gasteiger partial charge in [0.2, 0.25) is 11.8 Å². The minimum Gasteiger partial charge on any atom is -0.495 e. The molecule has 0 saturated heterocycles. The van der Waals surface area contributed by atoms with Crippen LogP contribution in [0.25, 0.3) is 22.3 Å². The van der Waals surface area contributed by atoms with E-state index in [2.05, 4.69) is 15.6 Å². The molecule has 0 unspecified atom stereocenters. The van der Waals surface area contributed by atoms with Crippen molar-refractivity contribution in [2.75, 3.05) is 17.7 Å². The van der Waals surface area contributed by atoms with Crippen LogP contribution < -0.4 is 20.9 Å². The Labute approximate surface area is 200 Å². The summed E-state index contributed by atoms with van der Waals surface area (Å²) in [5, 5.41) is 5.91. The molecular formula is C25H21ClN4O4. The molecule has 8 nitrogen and oxygen atoms in total. The van der Waals surface area contributed by atoms with Crippen molar-refractivity contribution in [1.29, 1.82) is 0 Å². The number of nitrogens with one attached hydrogen (secondary N) is 2. The molecule has 0 atom stereocenters. The van der Waals surface area contributed by atoms with Crippen molar-refractivity contribution in [3.63, 3.8) is 0 Å². The lowest BCUT2D eigenvalue weighted by Gasteiger charge is -2.15. The third-order valence-electron chi connectivity index (χ3n) is 5.08. The number of aromatic nitrogens is 2. The maximum absolute atomic E-state index is 13.5. The van der Waals surface area contributed by atoms with Crippen molar-refractivity contribution in [2.45, 2.75) is 13.5 Å². The van der Waals surface area contributed by atoms with Crippen LogP contribution in [0, 0.1) is 0 Å². The maximum atomic E-state index is 13.5. The Hall–Kier alpha value is -4.17. The average Bonchev–Trinajstić information content (AvgIpc) is 2.81. The molecule has 4 aromatic rings. The van der Waals surface area contributed by atoms with Crippen LogP contribution in [0.15, 0.2) is 71.5 Å². The Bertz CT molecular complexity index is 1470. The van der Waals surface area contributed by atoms with Crippen LogP contribution in [0.1, 0.15) is 6.92 Å². The van der Waals surface area contributed by atoms with Gasteiger partial charge in [-0.3, -0.25) is 19.0 Å². The fourth-order valence-electron chi connectivity index (χ4n) is 3.62. The molecule has 9 heteroatoms. The SMILES string of the molecule is COc1ccc(Cl)cc1NC(=O)Cn1c(=O)c(-c2ccccc2NC(C)=O)nc2ccccc21. The zero-order valence-corrected chi connectivity index (χ0v) is 19.2. The number of amides is 2. The minimum atomic E-state index is -0.468. The first-order chi connectivity index (χ1) is 16.4. The highest BCUT2D eigenvalue weighted by molar-refractivity contribution is 6.31. The quantitative estimate of drug-likeness (QED) is 0.431. The normalized spacial score (nSPS) is 10.7. The molecule has 3 aromatic carbocycles. The second-order valence-corrected chi connectivity index (χ2v) is 7.90. The van der Waals surface area contributed by atoms with Gasteiger partial charge in [-0.1, -0.05) is 41.9 Å². The third-order valence-corrected chi connectivity index (χ3v) is 5.32. The second-order valence-electron chi connectivity index (χ2n) is 7.46. The molecule has 0 aliphatic carbocycles. The van der Waals surface area contributed by atoms with Crippen LogP contribution in [-0.2, 0) is 16.1 Å². The Morgan fingerprint density at radius 3 is 2.50 bits per heavy atom. The summed E-state index contributed by atoms with van der Waals surface area (Å²) in [7, 11) is 1.48. The predicted molar refractivity (Wildman–Crippen MR) is 132 cm³/mol. The van der Waals surface area contributed by atoms with Crippen LogP contribution in [0.2, 0.25) is 5.02 Å². The van der Waals surface area contributed by atoms with Crippen molar-refractivity contribution >= 4 is 45.8 Å². The molecule has 1 heterocycles. The zero-order valence-electron chi connectivity index (χ0n) is 18.5. The molecule has 0 radical (unpaired) electrons. The van der Waals surface area contributed by atoms with E-state index in [1.54, 1.807) is 66.7 Å². The van der Waals surface area contributed by atoms with E-state index in [1.165, 1.54) is 18.6 Å². The Morgan fingerprint density at radius 1 is 1.00 bits per heavy atom. The number of para-hydroxylation sites is 3. The van der Waals surface area contributed by atoms with Gasteiger partial charge in [-0.15, -0.1) is 0 Å². The van der Waals surface area contributed by atoms with Crippen LogP contribution in [0.4, 0.5) is 11.4 Å².